The zero-order valence-electron chi connectivity index (χ0n) is 14.1. The average molecular weight is 295 g/mol. The van der Waals surface area contributed by atoms with E-state index in [-0.39, 0.29) is 0 Å². The van der Waals surface area contributed by atoms with Gasteiger partial charge in [-0.2, -0.15) is 0 Å². The number of aliphatic imine (C=N–C) groups is 1. The summed E-state index contributed by atoms with van der Waals surface area (Å²) in [4.78, 5) is 7.16. The molecule has 2 N–H and O–H groups in total. The third kappa shape index (κ3) is 3.91. The molecule has 4 heteroatoms. The molecule has 1 saturated heterocycles. The van der Waals surface area contributed by atoms with Crippen LogP contribution in [0.15, 0.2) is 4.99 Å². The monoisotopic (exact) mass is 295 g/mol. The fraction of sp³-hybridized carbons (Fsp3) is 0.941. The van der Waals surface area contributed by atoms with Gasteiger partial charge >= 0.3 is 0 Å². The molecule has 0 aromatic carbocycles. The summed E-state index contributed by atoms with van der Waals surface area (Å²) in [6.45, 7) is 9.84. The molecule has 0 amide bonds. The first-order valence-corrected chi connectivity index (χ1v) is 8.82. The van der Waals surface area contributed by atoms with Gasteiger partial charge in [0.2, 0.25) is 0 Å². The normalized spacial score (nSPS) is 22.3. The molecule has 1 aliphatic carbocycles. The summed E-state index contributed by atoms with van der Waals surface area (Å²) in [6.07, 6.45) is 8.39. The van der Waals surface area contributed by atoms with Gasteiger partial charge in [0, 0.05) is 19.6 Å². The van der Waals surface area contributed by atoms with Gasteiger partial charge in [-0.05, 0) is 44.4 Å². The maximum atomic E-state index is 10.4. The Morgan fingerprint density at radius 1 is 1.19 bits per heavy atom. The Morgan fingerprint density at radius 3 is 2.43 bits per heavy atom. The first kappa shape index (κ1) is 16.6. The van der Waals surface area contributed by atoms with Crippen molar-refractivity contribution in [3.63, 3.8) is 0 Å². The zero-order valence-corrected chi connectivity index (χ0v) is 14.1. The van der Waals surface area contributed by atoms with Crippen LogP contribution in [0.25, 0.3) is 0 Å². The predicted octanol–water partition coefficient (Wildman–Crippen LogP) is 2.77. The van der Waals surface area contributed by atoms with Crippen LogP contribution in [0, 0.1) is 5.41 Å². The van der Waals surface area contributed by atoms with Gasteiger partial charge in [0.1, 0.15) is 0 Å². The highest BCUT2D eigenvalue weighted by molar-refractivity contribution is 5.80. The second-order valence-corrected chi connectivity index (χ2v) is 6.98. The molecule has 1 aliphatic heterocycles. The van der Waals surface area contributed by atoms with E-state index < -0.39 is 5.60 Å². The van der Waals surface area contributed by atoms with Gasteiger partial charge < -0.3 is 15.3 Å². The zero-order chi connectivity index (χ0) is 15.3. The van der Waals surface area contributed by atoms with Crippen molar-refractivity contribution >= 4 is 5.96 Å². The predicted molar refractivity (Wildman–Crippen MR) is 88.6 cm³/mol. The quantitative estimate of drug-likeness (QED) is 0.605. The lowest BCUT2D eigenvalue weighted by Gasteiger charge is -2.28. The highest BCUT2D eigenvalue weighted by Crippen LogP contribution is 2.45. The molecule has 4 nitrogen and oxygen atoms in total. The molecule has 0 atom stereocenters. The lowest BCUT2D eigenvalue weighted by molar-refractivity contribution is 0.0416. The highest BCUT2D eigenvalue weighted by Gasteiger charge is 2.41. The van der Waals surface area contributed by atoms with Crippen LogP contribution in [0.3, 0.4) is 0 Å². The number of hydrogen-bond acceptors (Lipinski definition) is 2. The molecule has 0 radical (unpaired) electrons. The van der Waals surface area contributed by atoms with E-state index >= 15 is 0 Å². The van der Waals surface area contributed by atoms with Gasteiger partial charge in [-0.25, -0.2) is 0 Å². The Bertz CT molecular complexity index is 357. The minimum atomic E-state index is -0.647. The summed E-state index contributed by atoms with van der Waals surface area (Å²) < 4.78 is 0. The summed E-state index contributed by atoms with van der Waals surface area (Å²) in [7, 11) is 0. The van der Waals surface area contributed by atoms with E-state index in [0.29, 0.717) is 12.0 Å². The molecule has 1 spiro atoms. The van der Waals surface area contributed by atoms with Crippen LogP contribution in [0.5, 0.6) is 0 Å². The Morgan fingerprint density at radius 2 is 1.86 bits per heavy atom. The smallest absolute Gasteiger partial charge is 0.194 e. The molecular formula is C17H33N3O. The Balaban J connectivity index is 2.01. The Kier molecular flexibility index (Phi) is 5.53. The van der Waals surface area contributed by atoms with Crippen molar-refractivity contribution in [3.05, 3.63) is 0 Å². The summed E-state index contributed by atoms with van der Waals surface area (Å²) in [6, 6.07) is 0. The molecule has 2 aliphatic rings. The van der Waals surface area contributed by atoms with Crippen molar-refractivity contribution in [2.75, 3.05) is 26.2 Å². The number of nitrogens with zero attached hydrogens (tertiary/aromatic N) is 2. The van der Waals surface area contributed by atoms with Crippen molar-refractivity contribution in [2.24, 2.45) is 10.4 Å². The Hall–Kier alpha value is -0.770. The molecule has 1 heterocycles. The molecular weight excluding hydrogens is 262 g/mol. The molecule has 0 unspecified atom stereocenters. The third-order valence-electron chi connectivity index (χ3n) is 5.58. The second kappa shape index (κ2) is 6.99. The number of aliphatic hydroxyl groups is 1. The van der Waals surface area contributed by atoms with Crippen LogP contribution in [-0.4, -0.2) is 47.7 Å². The van der Waals surface area contributed by atoms with E-state index in [4.69, 9.17) is 4.99 Å². The third-order valence-corrected chi connectivity index (χ3v) is 5.58. The van der Waals surface area contributed by atoms with E-state index in [9.17, 15) is 5.11 Å². The van der Waals surface area contributed by atoms with Gasteiger partial charge in [-0.3, -0.25) is 4.99 Å². The van der Waals surface area contributed by atoms with E-state index in [1.807, 2.05) is 13.8 Å². The topological polar surface area (TPSA) is 47.9 Å². The molecule has 122 valence electrons. The number of guanidine groups is 1. The Labute approximate surface area is 130 Å². The lowest BCUT2D eigenvalue weighted by atomic mass is 9.86. The van der Waals surface area contributed by atoms with Crippen molar-refractivity contribution in [3.8, 4) is 0 Å². The van der Waals surface area contributed by atoms with Gasteiger partial charge in [0.15, 0.2) is 5.96 Å². The molecule has 0 bridgehead atoms. The SMILES string of the molecule is CCNC(=NCC(O)(CC)CC)N1CCC2(CCCC2)C1. The van der Waals surface area contributed by atoms with Crippen molar-refractivity contribution in [2.45, 2.75) is 71.3 Å². The first-order chi connectivity index (χ1) is 10.1. The first-order valence-electron chi connectivity index (χ1n) is 8.82. The van der Waals surface area contributed by atoms with Crippen molar-refractivity contribution in [1.82, 2.24) is 10.2 Å². The molecule has 0 aromatic rings. The van der Waals surface area contributed by atoms with Gasteiger partial charge in [0.25, 0.3) is 0 Å². The molecule has 2 rings (SSSR count). The van der Waals surface area contributed by atoms with Crippen LogP contribution >= 0.6 is 0 Å². The largest absolute Gasteiger partial charge is 0.388 e. The van der Waals surface area contributed by atoms with Gasteiger partial charge in [-0.1, -0.05) is 26.7 Å². The number of likely N-dealkylation sites (tertiary alicyclic amines) is 1. The van der Waals surface area contributed by atoms with Gasteiger partial charge in [0.05, 0.1) is 12.1 Å². The average Bonchev–Trinajstić information content (AvgIpc) is 3.14. The second-order valence-electron chi connectivity index (χ2n) is 6.98. The fourth-order valence-corrected chi connectivity index (χ4v) is 3.77. The molecule has 2 fully saturated rings. The van der Waals surface area contributed by atoms with Crippen LogP contribution in [0.1, 0.15) is 65.7 Å². The summed E-state index contributed by atoms with van der Waals surface area (Å²) in [5.41, 5.74) is -0.0898. The van der Waals surface area contributed by atoms with Crippen molar-refractivity contribution < 1.29 is 5.11 Å². The molecule has 1 saturated carbocycles. The molecule has 0 aromatic heterocycles. The van der Waals surface area contributed by atoms with Crippen LogP contribution < -0.4 is 5.32 Å². The lowest BCUT2D eigenvalue weighted by Crippen LogP contribution is -2.42. The number of hydrogen-bond donors (Lipinski definition) is 2. The van der Waals surface area contributed by atoms with Crippen molar-refractivity contribution in [1.29, 1.82) is 0 Å². The van der Waals surface area contributed by atoms with Gasteiger partial charge in [-0.15, -0.1) is 0 Å². The highest BCUT2D eigenvalue weighted by atomic mass is 16.3. The summed E-state index contributed by atoms with van der Waals surface area (Å²) in [5, 5.41) is 13.9. The maximum Gasteiger partial charge on any atom is 0.194 e. The van der Waals surface area contributed by atoms with E-state index in [0.717, 1.165) is 38.4 Å². The van der Waals surface area contributed by atoms with Crippen LogP contribution in [-0.2, 0) is 0 Å². The minimum Gasteiger partial charge on any atom is -0.388 e. The number of rotatable bonds is 5. The standard InChI is InChI=1S/C17H33N3O/c1-4-17(21,5-2)13-19-15(18-6-3)20-12-11-16(14-20)9-7-8-10-16/h21H,4-14H2,1-3H3,(H,18,19). The molecule has 21 heavy (non-hydrogen) atoms. The summed E-state index contributed by atoms with van der Waals surface area (Å²) >= 11 is 0. The van der Waals surface area contributed by atoms with Crippen LogP contribution in [0.4, 0.5) is 0 Å². The maximum absolute atomic E-state index is 10.4. The number of nitrogens with one attached hydrogen (secondary N) is 1. The van der Waals surface area contributed by atoms with E-state index in [2.05, 4.69) is 17.1 Å². The van der Waals surface area contributed by atoms with E-state index in [1.165, 1.54) is 32.1 Å². The fourth-order valence-electron chi connectivity index (χ4n) is 3.77. The minimum absolute atomic E-state index is 0.506. The summed E-state index contributed by atoms with van der Waals surface area (Å²) in [5.74, 6) is 1.00. The van der Waals surface area contributed by atoms with Crippen LogP contribution in [0.2, 0.25) is 0 Å². The van der Waals surface area contributed by atoms with E-state index in [1.54, 1.807) is 0 Å².